The Kier molecular flexibility index (Phi) is 22.5. The first-order valence-electron chi connectivity index (χ1n) is 1.43. The molecule has 0 spiro atoms. The molecule has 0 rings (SSSR count). The van der Waals surface area contributed by atoms with Crippen LogP contribution in [0.4, 0.5) is 0 Å². The van der Waals surface area contributed by atoms with Gasteiger partial charge in [-0.2, -0.15) is 0 Å². The van der Waals surface area contributed by atoms with Crippen LogP contribution in [0.15, 0.2) is 0 Å². The Morgan fingerprint density at radius 3 is 1.09 bits per heavy atom. The van der Waals surface area contributed by atoms with E-state index in [1.54, 1.807) is 0 Å². The molecule has 60 valence electrons. The van der Waals surface area contributed by atoms with Crippen molar-refractivity contribution in [3.63, 3.8) is 0 Å². The van der Waals surface area contributed by atoms with Gasteiger partial charge in [0, 0.05) is 0 Å². The molecular weight excluding hydrogens is 185 g/mol. The van der Waals surface area contributed by atoms with Gasteiger partial charge in [-0.1, -0.05) is 0 Å². The van der Waals surface area contributed by atoms with Gasteiger partial charge in [-0.15, -0.1) is 0 Å². The van der Waals surface area contributed by atoms with Gasteiger partial charge in [0.15, 0.2) is 0 Å². The molecule has 0 unspecified atom stereocenters. The van der Waals surface area contributed by atoms with E-state index in [2.05, 4.69) is 0 Å². The summed E-state index contributed by atoms with van der Waals surface area (Å²) in [6, 6.07) is 0. The maximum atomic E-state index is 8.88. The summed E-state index contributed by atoms with van der Waals surface area (Å²) in [5, 5.41) is 0. The van der Waals surface area contributed by atoms with Crippen LogP contribution in [0.3, 0.4) is 0 Å². The summed E-state index contributed by atoms with van der Waals surface area (Å²) in [6.45, 7) is 0. The molecule has 0 aromatic rings. The Morgan fingerprint density at radius 2 is 1.09 bits per heavy atom. The molecule has 11 heavy (non-hydrogen) atoms. The monoisotopic (exact) mass is 192 g/mol. The van der Waals surface area contributed by atoms with Gasteiger partial charge in [-0.3, -0.25) is 4.46 Å². The van der Waals surface area contributed by atoms with Gasteiger partial charge in [0.2, 0.25) is 0 Å². The first-order chi connectivity index (χ1) is 3.73. The van der Waals surface area contributed by atoms with Crippen molar-refractivity contribution in [2.75, 3.05) is 0 Å². The van der Waals surface area contributed by atoms with Crippen molar-refractivity contribution in [1.82, 2.24) is 0 Å². The van der Waals surface area contributed by atoms with Crippen LogP contribution in [-0.2, 0) is 9.03 Å². The third-order valence-corrected chi connectivity index (χ3v) is 0. The standard InChI is InChI=1S/2Li.H3O4P.H2O3Si.2H/c;;1-5(2,3)4;1-4(2)3;;/h;;(H3,1,2,3,4);1-2H;;/q2*+1;;;2*-1. The van der Waals surface area contributed by atoms with Crippen molar-refractivity contribution in [3.05, 3.63) is 0 Å². The largest absolute Gasteiger partial charge is 1.00 e. The van der Waals surface area contributed by atoms with Crippen LogP contribution in [0.2, 0.25) is 0 Å². The first-order valence-corrected chi connectivity index (χ1v) is 4.30. The van der Waals surface area contributed by atoms with Gasteiger partial charge in [-0.25, -0.2) is 4.57 Å². The van der Waals surface area contributed by atoms with Crippen molar-refractivity contribution in [2.24, 2.45) is 0 Å². The second-order valence-electron chi connectivity index (χ2n) is 0.796. The first kappa shape index (κ1) is 22.7. The SMILES string of the molecule is O=P(O)(O)O.O=[Si](O)O.[H-].[H-].[Li+].[Li+]. The summed E-state index contributed by atoms with van der Waals surface area (Å²) in [6.07, 6.45) is 0. The molecule has 0 aromatic carbocycles. The van der Waals surface area contributed by atoms with E-state index < -0.39 is 17.0 Å². The molecule has 7 nitrogen and oxygen atoms in total. The van der Waals surface area contributed by atoms with E-state index >= 15 is 0 Å². The molecule has 0 aliphatic heterocycles. The maximum Gasteiger partial charge on any atom is 1.00 e. The minimum absolute atomic E-state index is 0. The summed E-state index contributed by atoms with van der Waals surface area (Å²) in [5.74, 6) is 0. The number of rotatable bonds is 0. The molecule has 11 heteroatoms. The number of hydrogen-bond acceptors (Lipinski definition) is 2. The van der Waals surface area contributed by atoms with Crippen molar-refractivity contribution < 1.29 is 73.9 Å². The van der Waals surface area contributed by atoms with E-state index in [0.29, 0.717) is 0 Å². The van der Waals surface area contributed by atoms with Crippen LogP contribution in [-0.4, -0.2) is 33.4 Å². The van der Waals surface area contributed by atoms with E-state index in [-0.39, 0.29) is 40.6 Å². The molecule has 0 bridgehead atoms. The molecule has 0 fully saturated rings. The summed E-state index contributed by atoms with van der Waals surface area (Å²) in [5.41, 5.74) is 0. The second-order valence-corrected chi connectivity index (χ2v) is 2.39. The molecule has 0 saturated heterocycles. The van der Waals surface area contributed by atoms with E-state index in [4.69, 9.17) is 33.3 Å². The van der Waals surface area contributed by atoms with Crippen LogP contribution in [0.5, 0.6) is 0 Å². The van der Waals surface area contributed by atoms with Crippen LogP contribution in [0, 0.1) is 0 Å². The predicted molar refractivity (Wildman–Crippen MR) is 27.4 cm³/mol. The third-order valence-electron chi connectivity index (χ3n) is 0. The van der Waals surface area contributed by atoms with Crippen molar-refractivity contribution in [2.45, 2.75) is 0 Å². The van der Waals surface area contributed by atoms with E-state index in [1.165, 1.54) is 0 Å². The van der Waals surface area contributed by atoms with Crippen LogP contribution < -0.4 is 37.7 Å². The van der Waals surface area contributed by atoms with Crippen molar-refractivity contribution in [1.29, 1.82) is 0 Å². The van der Waals surface area contributed by atoms with Crippen LogP contribution in [0.25, 0.3) is 0 Å². The van der Waals surface area contributed by atoms with E-state index in [1.807, 2.05) is 0 Å². The minimum atomic E-state index is -4.64. The van der Waals surface area contributed by atoms with Crippen LogP contribution in [0.1, 0.15) is 2.85 Å². The van der Waals surface area contributed by atoms with Gasteiger partial charge in [-0.05, 0) is 0 Å². The number of hydrogen-bond donors (Lipinski definition) is 5. The number of phosphoric acid groups is 1. The van der Waals surface area contributed by atoms with Gasteiger partial charge < -0.3 is 27.1 Å². The molecule has 0 radical (unpaired) electrons. The Balaban J connectivity index is -0.0000000146. The predicted octanol–water partition coefficient (Wildman–Crippen LogP) is -8.31. The average molecular weight is 192 g/mol. The topological polar surface area (TPSA) is 135 Å². The molecule has 0 aromatic heterocycles. The minimum Gasteiger partial charge on any atom is -1.00 e. The van der Waals surface area contributed by atoms with E-state index in [0.717, 1.165) is 0 Å². The maximum absolute atomic E-state index is 8.88. The molecule has 0 saturated carbocycles. The zero-order valence-corrected chi connectivity index (χ0v) is 7.89. The molecular formula is H7Li2O7PSi. The van der Waals surface area contributed by atoms with E-state index in [9.17, 15) is 0 Å². The normalized spacial score (nSPS) is 7.55. The van der Waals surface area contributed by atoms with Gasteiger partial charge in [0.25, 0.3) is 0 Å². The summed E-state index contributed by atoms with van der Waals surface area (Å²) >= 11 is 0. The molecule has 5 N–H and O–H groups in total. The molecule has 0 aliphatic rings. The van der Waals surface area contributed by atoms with Gasteiger partial charge in [0.05, 0.1) is 0 Å². The second kappa shape index (κ2) is 10.9. The molecule has 0 heterocycles. The van der Waals surface area contributed by atoms with Gasteiger partial charge >= 0.3 is 54.7 Å². The Bertz CT molecular complexity index is 124. The van der Waals surface area contributed by atoms with Crippen LogP contribution >= 0.6 is 7.82 Å². The Hall–Kier alpha value is 0.922. The van der Waals surface area contributed by atoms with Crippen molar-refractivity contribution in [3.8, 4) is 0 Å². The fourth-order valence-corrected chi connectivity index (χ4v) is 0. The fraction of sp³-hybridized carbons (Fsp3) is 0. The average Bonchev–Trinajstić information content (AvgIpc) is 1.19. The summed E-state index contributed by atoms with van der Waals surface area (Å²) < 4.78 is 17.6. The summed E-state index contributed by atoms with van der Waals surface area (Å²) in [4.78, 5) is 35.9. The smallest absolute Gasteiger partial charge is 1.00 e. The van der Waals surface area contributed by atoms with Gasteiger partial charge in [0.1, 0.15) is 0 Å². The summed E-state index contributed by atoms with van der Waals surface area (Å²) in [7, 11) is -7.77. The molecule has 0 amide bonds. The van der Waals surface area contributed by atoms with Crippen molar-refractivity contribution >= 4 is 17.0 Å². The quantitative estimate of drug-likeness (QED) is 0.190. The zero-order valence-electron chi connectivity index (χ0n) is 8.00. The molecule has 0 aliphatic carbocycles. The Morgan fingerprint density at radius 1 is 1.09 bits per heavy atom. The fourth-order valence-electron chi connectivity index (χ4n) is 0. The zero-order chi connectivity index (χ0) is 8.08. The molecule has 0 atom stereocenters. The third kappa shape index (κ3) is 1020. The Labute approximate surface area is 90.9 Å².